The maximum atomic E-state index is 12.1. The summed E-state index contributed by atoms with van der Waals surface area (Å²) in [7, 11) is 0. The summed E-state index contributed by atoms with van der Waals surface area (Å²) in [5.41, 5.74) is 0. The predicted octanol–water partition coefficient (Wildman–Crippen LogP) is 1.57. The molecule has 3 fully saturated rings. The quantitative estimate of drug-likeness (QED) is 0.790. The van der Waals surface area contributed by atoms with Crippen LogP contribution in [0.2, 0.25) is 0 Å². The van der Waals surface area contributed by atoms with Gasteiger partial charge in [0.1, 0.15) is 0 Å². The Morgan fingerprint density at radius 1 is 1.24 bits per heavy atom. The third kappa shape index (κ3) is 2.45. The van der Waals surface area contributed by atoms with Crippen molar-refractivity contribution in [2.24, 2.45) is 23.7 Å². The van der Waals surface area contributed by atoms with Crippen LogP contribution in [0.4, 0.5) is 0 Å². The summed E-state index contributed by atoms with van der Waals surface area (Å²) in [4.78, 5) is 12.1. The molecule has 1 aliphatic heterocycles. The molecule has 0 radical (unpaired) electrons. The molecule has 1 amide bonds. The monoisotopic (exact) mass is 258 g/mol. The fourth-order valence-electron chi connectivity index (χ4n) is 3.67. The first-order valence-corrected chi connectivity index (χ1v) is 6.78. The highest BCUT2D eigenvalue weighted by Gasteiger charge is 2.56. The van der Waals surface area contributed by atoms with Crippen molar-refractivity contribution < 1.29 is 4.79 Å². The number of piperidine rings is 1. The third-order valence-corrected chi connectivity index (χ3v) is 4.86. The van der Waals surface area contributed by atoms with Gasteiger partial charge in [-0.3, -0.25) is 4.79 Å². The summed E-state index contributed by atoms with van der Waals surface area (Å²) < 4.78 is 0. The van der Waals surface area contributed by atoms with Gasteiger partial charge >= 0.3 is 0 Å². The van der Waals surface area contributed by atoms with E-state index in [1.165, 1.54) is 25.7 Å². The highest BCUT2D eigenvalue weighted by Crippen LogP contribution is 2.57. The fraction of sp³-hybridized carbons (Fsp3) is 0.923. The van der Waals surface area contributed by atoms with Gasteiger partial charge in [-0.15, -0.1) is 12.4 Å². The molecule has 3 rings (SSSR count). The van der Waals surface area contributed by atoms with E-state index in [-0.39, 0.29) is 12.4 Å². The summed E-state index contributed by atoms with van der Waals surface area (Å²) in [5.74, 6) is 2.83. The van der Waals surface area contributed by atoms with Crippen LogP contribution in [0.15, 0.2) is 0 Å². The molecule has 2 N–H and O–H groups in total. The maximum Gasteiger partial charge on any atom is 0.223 e. The van der Waals surface area contributed by atoms with Crippen molar-refractivity contribution in [1.29, 1.82) is 0 Å². The van der Waals surface area contributed by atoms with Crippen molar-refractivity contribution >= 4 is 18.3 Å². The Balaban J connectivity index is 0.00000108. The SMILES string of the molecule is CC1CCNCC1NC(=O)C1C2CCCC21.Cl. The lowest BCUT2D eigenvalue weighted by Crippen LogP contribution is -2.50. The number of fused-ring (bicyclic) bond motifs is 1. The zero-order chi connectivity index (χ0) is 11.1. The fourth-order valence-corrected chi connectivity index (χ4v) is 3.67. The van der Waals surface area contributed by atoms with Crippen molar-refractivity contribution in [1.82, 2.24) is 10.6 Å². The molecule has 0 spiro atoms. The Bertz CT molecular complexity index is 287. The summed E-state index contributed by atoms with van der Waals surface area (Å²) in [6.45, 7) is 4.30. The van der Waals surface area contributed by atoms with E-state index in [1.807, 2.05) is 0 Å². The van der Waals surface area contributed by atoms with Gasteiger partial charge in [-0.25, -0.2) is 0 Å². The minimum Gasteiger partial charge on any atom is -0.352 e. The van der Waals surface area contributed by atoms with E-state index in [4.69, 9.17) is 0 Å². The van der Waals surface area contributed by atoms with E-state index in [0.717, 1.165) is 24.9 Å². The smallest absolute Gasteiger partial charge is 0.223 e. The van der Waals surface area contributed by atoms with Crippen LogP contribution in [0.1, 0.15) is 32.6 Å². The molecule has 0 bridgehead atoms. The number of hydrogen-bond acceptors (Lipinski definition) is 2. The Morgan fingerprint density at radius 3 is 2.59 bits per heavy atom. The van der Waals surface area contributed by atoms with Crippen LogP contribution in [0.3, 0.4) is 0 Å². The highest BCUT2D eigenvalue weighted by molar-refractivity contribution is 5.85. The Morgan fingerprint density at radius 2 is 1.94 bits per heavy atom. The van der Waals surface area contributed by atoms with Gasteiger partial charge in [-0.1, -0.05) is 13.3 Å². The molecule has 17 heavy (non-hydrogen) atoms. The molecule has 2 saturated carbocycles. The first kappa shape index (κ1) is 13.2. The maximum absolute atomic E-state index is 12.1. The van der Waals surface area contributed by atoms with Crippen LogP contribution in [0.25, 0.3) is 0 Å². The Kier molecular flexibility index (Phi) is 3.99. The van der Waals surface area contributed by atoms with Gasteiger partial charge in [-0.2, -0.15) is 0 Å². The second-order valence-corrected chi connectivity index (χ2v) is 5.87. The average molecular weight is 259 g/mol. The number of carbonyl (C=O) groups is 1. The Labute approximate surface area is 110 Å². The molecule has 4 unspecified atom stereocenters. The van der Waals surface area contributed by atoms with Crippen molar-refractivity contribution in [3.8, 4) is 0 Å². The van der Waals surface area contributed by atoms with Gasteiger partial charge in [0, 0.05) is 18.5 Å². The van der Waals surface area contributed by atoms with Crippen molar-refractivity contribution in [3.05, 3.63) is 0 Å². The summed E-state index contributed by atoms with van der Waals surface area (Å²) >= 11 is 0. The number of hydrogen-bond donors (Lipinski definition) is 2. The first-order chi connectivity index (χ1) is 7.77. The zero-order valence-electron chi connectivity index (χ0n) is 10.4. The van der Waals surface area contributed by atoms with Crippen LogP contribution in [-0.2, 0) is 4.79 Å². The minimum absolute atomic E-state index is 0. The second-order valence-electron chi connectivity index (χ2n) is 5.87. The molecule has 98 valence electrons. The third-order valence-electron chi connectivity index (χ3n) is 4.86. The summed E-state index contributed by atoms with van der Waals surface area (Å²) in [5, 5.41) is 6.62. The van der Waals surface area contributed by atoms with E-state index in [0.29, 0.717) is 23.8 Å². The molecule has 0 aromatic rings. The van der Waals surface area contributed by atoms with E-state index in [1.54, 1.807) is 0 Å². The standard InChI is InChI=1S/C13H22N2O.ClH/c1-8-5-6-14-7-11(8)15-13(16)12-9-3-2-4-10(9)12;/h8-12,14H,2-7H2,1H3,(H,15,16);1H. The molecule has 2 aliphatic carbocycles. The van der Waals surface area contributed by atoms with Gasteiger partial charge in [0.2, 0.25) is 5.91 Å². The molecule has 0 aromatic carbocycles. The molecule has 4 atom stereocenters. The largest absolute Gasteiger partial charge is 0.352 e. The molecule has 1 saturated heterocycles. The topological polar surface area (TPSA) is 41.1 Å². The second kappa shape index (κ2) is 5.15. The molecule has 4 heteroatoms. The zero-order valence-corrected chi connectivity index (χ0v) is 11.3. The van der Waals surface area contributed by atoms with Crippen LogP contribution < -0.4 is 10.6 Å². The van der Waals surface area contributed by atoms with E-state index >= 15 is 0 Å². The van der Waals surface area contributed by atoms with Gasteiger partial charge in [0.25, 0.3) is 0 Å². The van der Waals surface area contributed by atoms with Gasteiger partial charge < -0.3 is 10.6 Å². The van der Waals surface area contributed by atoms with Crippen LogP contribution in [-0.4, -0.2) is 25.0 Å². The molecule has 3 nitrogen and oxygen atoms in total. The van der Waals surface area contributed by atoms with Gasteiger partial charge in [0.05, 0.1) is 0 Å². The highest BCUT2D eigenvalue weighted by atomic mass is 35.5. The first-order valence-electron chi connectivity index (χ1n) is 6.78. The molecule has 3 aliphatic rings. The van der Waals surface area contributed by atoms with Crippen LogP contribution in [0, 0.1) is 23.7 Å². The molecule has 1 heterocycles. The molecular formula is C13H23ClN2O. The molecular weight excluding hydrogens is 236 g/mol. The lowest BCUT2D eigenvalue weighted by Gasteiger charge is -2.30. The molecule has 0 aromatic heterocycles. The van der Waals surface area contributed by atoms with Gasteiger partial charge in [0.15, 0.2) is 0 Å². The number of rotatable bonds is 2. The van der Waals surface area contributed by atoms with E-state index in [2.05, 4.69) is 17.6 Å². The van der Waals surface area contributed by atoms with Crippen LogP contribution in [0.5, 0.6) is 0 Å². The van der Waals surface area contributed by atoms with Crippen LogP contribution >= 0.6 is 12.4 Å². The normalized spacial score (nSPS) is 43.5. The number of carbonyl (C=O) groups excluding carboxylic acids is 1. The van der Waals surface area contributed by atoms with E-state index in [9.17, 15) is 4.79 Å². The lowest BCUT2D eigenvalue weighted by atomic mass is 9.94. The Hall–Kier alpha value is -0.280. The van der Waals surface area contributed by atoms with Crippen molar-refractivity contribution in [3.63, 3.8) is 0 Å². The van der Waals surface area contributed by atoms with Crippen molar-refractivity contribution in [2.45, 2.75) is 38.6 Å². The predicted molar refractivity (Wildman–Crippen MR) is 70.2 cm³/mol. The summed E-state index contributed by atoms with van der Waals surface area (Å²) in [6.07, 6.45) is 5.12. The minimum atomic E-state index is 0. The number of nitrogens with one attached hydrogen (secondary N) is 2. The van der Waals surface area contributed by atoms with Gasteiger partial charge in [-0.05, 0) is 43.6 Å². The number of amides is 1. The van der Waals surface area contributed by atoms with Crippen molar-refractivity contribution in [2.75, 3.05) is 13.1 Å². The summed E-state index contributed by atoms with van der Waals surface area (Å²) in [6, 6.07) is 0.363. The van der Waals surface area contributed by atoms with E-state index < -0.39 is 0 Å². The average Bonchev–Trinajstić information content (AvgIpc) is 2.76. The number of halogens is 1. The lowest BCUT2D eigenvalue weighted by molar-refractivity contribution is -0.124.